The summed E-state index contributed by atoms with van der Waals surface area (Å²) in [5.74, 6) is 3.87. The van der Waals surface area contributed by atoms with Crippen molar-refractivity contribution in [2.45, 2.75) is 84.5 Å². The minimum atomic E-state index is 0.0182. The Hall–Kier alpha value is -1.81. The van der Waals surface area contributed by atoms with Crippen LogP contribution in [0.2, 0.25) is 0 Å². The first-order chi connectivity index (χ1) is 14.8. The monoisotopic (exact) mass is 458 g/mol. The molecule has 0 radical (unpaired) electrons. The maximum absolute atomic E-state index is 6.21. The number of ether oxygens (including phenoxy) is 3. The summed E-state index contributed by atoms with van der Waals surface area (Å²) < 4.78 is 17.6. The molecule has 2 aromatic rings. The van der Waals surface area contributed by atoms with Crippen LogP contribution in [0.4, 0.5) is 0 Å². The maximum Gasteiger partial charge on any atom is 0.129 e. The summed E-state index contributed by atoms with van der Waals surface area (Å²) in [6.45, 7) is 20.5. The van der Waals surface area contributed by atoms with Crippen LogP contribution in [0.15, 0.2) is 23.1 Å². The summed E-state index contributed by atoms with van der Waals surface area (Å²) in [5.41, 5.74) is 6.03. The van der Waals surface area contributed by atoms with E-state index in [4.69, 9.17) is 14.2 Å². The quantitative estimate of drug-likeness (QED) is 0.298. The zero-order valence-electron chi connectivity index (χ0n) is 22.0. The minimum absolute atomic E-state index is 0.0182. The molecule has 0 saturated carbocycles. The van der Waals surface area contributed by atoms with Gasteiger partial charge in [-0.2, -0.15) is 0 Å². The van der Waals surface area contributed by atoms with Gasteiger partial charge in [-0.05, 0) is 67.3 Å². The average Bonchev–Trinajstić information content (AvgIpc) is 2.70. The largest absolute Gasteiger partial charge is 0.496 e. The second-order valence-electron chi connectivity index (χ2n) is 10.6. The predicted molar refractivity (Wildman–Crippen MR) is 138 cm³/mol. The molecule has 0 aromatic heterocycles. The Kier molecular flexibility index (Phi) is 8.61. The van der Waals surface area contributed by atoms with E-state index in [1.807, 2.05) is 11.8 Å². The van der Waals surface area contributed by atoms with E-state index >= 15 is 0 Å². The number of hydrogen-bond donors (Lipinski definition) is 0. The third-order valence-corrected chi connectivity index (χ3v) is 6.96. The van der Waals surface area contributed by atoms with Crippen molar-refractivity contribution in [2.75, 3.05) is 26.6 Å². The van der Waals surface area contributed by atoms with E-state index in [-0.39, 0.29) is 10.8 Å². The number of methoxy groups -OCH3 is 2. The first-order valence-electron chi connectivity index (χ1n) is 11.4. The van der Waals surface area contributed by atoms with Gasteiger partial charge in [-0.25, -0.2) is 0 Å². The van der Waals surface area contributed by atoms with Gasteiger partial charge in [-0.15, -0.1) is 11.8 Å². The summed E-state index contributed by atoms with van der Waals surface area (Å²) in [6, 6.07) is 6.69. The lowest BCUT2D eigenvalue weighted by Crippen LogP contribution is -2.19. The van der Waals surface area contributed by atoms with Crippen LogP contribution in [0, 0.1) is 20.8 Å². The summed E-state index contributed by atoms with van der Waals surface area (Å²) in [7, 11) is 3.50. The van der Waals surface area contributed by atoms with Crippen LogP contribution < -0.4 is 14.2 Å². The van der Waals surface area contributed by atoms with Crippen molar-refractivity contribution in [3.63, 3.8) is 0 Å². The lowest BCUT2D eigenvalue weighted by Gasteiger charge is -2.30. The van der Waals surface area contributed by atoms with Crippen molar-refractivity contribution < 1.29 is 14.2 Å². The number of thioether (sulfide) groups is 1. The van der Waals surface area contributed by atoms with Gasteiger partial charge in [0.2, 0.25) is 0 Å². The highest BCUT2D eigenvalue weighted by molar-refractivity contribution is 7.99. The SMILES string of the molecule is COc1cc(C)c(C)c(OCCCSc2cc(C(C)(C)C)c(OC)c(C(C)(C)C)c2)c1C. The highest BCUT2D eigenvalue weighted by Gasteiger charge is 2.27. The highest BCUT2D eigenvalue weighted by atomic mass is 32.2. The molecule has 0 spiro atoms. The molecule has 0 N–H and O–H groups in total. The highest BCUT2D eigenvalue weighted by Crippen LogP contribution is 2.42. The fraction of sp³-hybridized carbons (Fsp3) is 0.571. The molecule has 0 aliphatic rings. The molecule has 4 heteroatoms. The van der Waals surface area contributed by atoms with Crippen molar-refractivity contribution in [1.82, 2.24) is 0 Å². The smallest absolute Gasteiger partial charge is 0.129 e. The van der Waals surface area contributed by atoms with E-state index in [0.717, 1.165) is 35.0 Å². The minimum Gasteiger partial charge on any atom is -0.496 e. The van der Waals surface area contributed by atoms with E-state index in [0.29, 0.717) is 6.61 Å². The molecule has 0 aliphatic carbocycles. The second-order valence-corrected chi connectivity index (χ2v) is 11.7. The second kappa shape index (κ2) is 10.4. The maximum atomic E-state index is 6.21. The first-order valence-corrected chi connectivity index (χ1v) is 12.4. The molecule has 0 bridgehead atoms. The number of rotatable bonds is 8. The zero-order chi connectivity index (χ0) is 24.3. The normalized spacial score (nSPS) is 12.1. The summed E-state index contributed by atoms with van der Waals surface area (Å²) in [6.07, 6.45) is 0.974. The van der Waals surface area contributed by atoms with E-state index < -0.39 is 0 Å². The van der Waals surface area contributed by atoms with E-state index in [9.17, 15) is 0 Å². The summed E-state index contributed by atoms with van der Waals surface area (Å²) >= 11 is 1.89. The molecular weight excluding hydrogens is 416 g/mol. The Morgan fingerprint density at radius 1 is 0.750 bits per heavy atom. The van der Waals surface area contributed by atoms with Gasteiger partial charge < -0.3 is 14.2 Å². The lowest BCUT2D eigenvalue weighted by atomic mass is 9.79. The van der Waals surface area contributed by atoms with E-state index in [2.05, 4.69) is 80.5 Å². The molecule has 2 aromatic carbocycles. The molecule has 0 heterocycles. The molecule has 0 fully saturated rings. The number of aryl methyl sites for hydroxylation is 1. The van der Waals surface area contributed by atoms with E-state index in [1.54, 1.807) is 14.2 Å². The van der Waals surface area contributed by atoms with Crippen LogP contribution in [0.5, 0.6) is 17.2 Å². The Labute approximate surface area is 200 Å². The number of hydrogen-bond acceptors (Lipinski definition) is 4. The van der Waals surface area contributed by atoms with Crippen LogP contribution in [0.1, 0.15) is 75.8 Å². The summed E-state index contributed by atoms with van der Waals surface area (Å²) in [5, 5.41) is 0. The molecule has 2 rings (SSSR count). The molecule has 0 aliphatic heterocycles. The molecule has 0 saturated heterocycles. The van der Waals surface area contributed by atoms with Gasteiger partial charge in [0.05, 0.1) is 20.8 Å². The third-order valence-electron chi connectivity index (χ3n) is 5.90. The molecular formula is C28H42O3S. The standard InChI is InChI=1S/C28H42O3S/c1-18-15-24(29-10)20(3)25(19(18)2)31-13-12-14-32-21-16-22(27(4,5)6)26(30-11)23(17-21)28(7,8)9/h15-17H,12-14H2,1-11H3. The Balaban J connectivity index is 2.13. The van der Waals surface area contributed by atoms with Crippen molar-refractivity contribution >= 4 is 11.8 Å². The number of benzene rings is 2. The van der Waals surface area contributed by atoms with Gasteiger partial charge in [0.15, 0.2) is 0 Å². The van der Waals surface area contributed by atoms with Gasteiger partial charge in [0.1, 0.15) is 17.2 Å². The third kappa shape index (κ3) is 6.15. The van der Waals surface area contributed by atoms with Crippen LogP contribution in [-0.2, 0) is 10.8 Å². The topological polar surface area (TPSA) is 27.7 Å². The van der Waals surface area contributed by atoms with Crippen LogP contribution in [0.3, 0.4) is 0 Å². The van der Waals surface area contributed by atoms with E-state index in [1.165, 1.54) is 27.1 Å². The van der Waals surface area contributed by atoms with Crippen LogP contribution >= 0.6 is 11.8 Å². The van der Waals surface area contributed by atoms with Crippen molar-refractivity contribution in [1.29, 1.82) is 0 Å². The fourth-order valence-corrected chi connectivity index (χ4v) is 4.76. The van der Waals surface area contributed by atoms with Crippen molar-refractivity contribution in [3.8, 4) is 17.2 Å². The Bertz CT molecular complexity index is 898. The molecule has 3 nitrogen and oxygen atoms in total. The van der Waals surface area contributed by atoms with Gasteiger partial charge in [0.25, 0.3) is 0 Å². The Morgan fingerprint density at radius 3 is 1.78 bits per heavy atom. The molecule has 0 atom stereocenters. The molecule has 32 heavy (non-hydrogen) atoms. The predicted octanol–water partition coefficient (Wildman–Crippen LogP) is 7.79. The van der Waals surface area contributed by atoms with Gasteiger partial charge in [0, 0.05) is 27.3 Å². The molecule has 178 valence electrons. The fourth-order valence-electron chi connectivity index (χ4n) is 3.86. The Morgan fingerprint density at radius 2 is 1.31 bits per heavy atom. The van der Waals surface area contributed by atoms with Crippen LogP contribution in [0.25, 0.3) is 0 Å². The van der Waals surface area contributed by atoms with Crippen LogP contribution in [-0.4, -0.2) is 26.6 Å². The lowest BCUT2D eigenvalue weighted by molar-refractivity contribution is 0.310. The van der Waals surface area contributed by atoms with Crippen molar-refractivity contribution in [3.05, 3.63) is 46.0 Å². The van der Waals surface area contributed by atoms with Gasteiger partial charge in [-0.1, -0.05) is 41.5 Å². The first kappa shape index (κ1) is 26.4. The average molecular weight is 459 g/mol. The summed E-state index contributed by atoms with van der Waals surface area (Å²) in [4.78, 5) is 1.30. The zero-order valence-corrected chi connectivity index (χ0v) is 22.8. The van der Waals surface area contributed by atoms with Gasteiger partial charge >= 0.3 is 0 Å². The van der Waals surface area contributed by atoms with Crippen molar-refractivity contribution in [2.24, 2.45) is 0 Å². The van der Waals surface area contributed by atoms with Gasteiger partial charge in [-0.3, -0.25) is 0 Å². The molecule has 0 amide bonds. The molecule has 0 unspecified atom stereocenters.